The van der Waals surface area contributed by atoms with Gasteiger partial charge in [0.05, 0.1) is 7.11 Å². The molecule has 0 N–H and O–H groups in total. The van der Waals surface area contributed by atoms with Gasteiger partial charge in [-0.25, -0.2) is 0 Å². The molecule has 0 heterocycles. The highest BCUT2D eigenvalue weighted by Gasteiger charge is 2.03. The summed E-state index contributed by atoms with van der Waals surface area (Å²) in [6, 6.07) is 4.07. The Morgan fingerprint density at radius 2 is 2.00 bits per heavy atom. The minimum atomic E-state index is 0.539. The predicted octanol–water partition coefficient (Wildman–Crippen LogP) is 3.05. The largest absolute Gasteiger partial charge is 0.496 e. The maximum Gasteiger partial charge on any atom is 0.122 e. The molecule has 1 rings (SSSR count). The van der Waals surface area contributed by atoms with E-state index in [1.807, 2.05) is 13.0 Å². The molecule has 0 radical (unpaired) electrons. The topological polar surface area (TPSA) is 9.23 Å². The van der Waals surface area contributed by atoms with Crippen LogP contribution >= 0.6 is 11.6 Å². The van der Waals surface area contributed by atoms with Crippen LogP contribution in [0.15, 0.2) is 12.1 Å². The Morgan fingerprint density at radius 1 is 1.33 bits per heavy atom. The molecule has 0 amide bonds. The Kier molecular flexibility index (Phi) is 2.99. The molecule has 0 atom stereocenters. The molecule has 0 aliphatic rings. The molecule has 1 nitrogen and oxygen atoms in total. The molecule has 0 saturated heterocycles. The second-order valence-corrected chi connectivity index (χ2v) is 3.14. The van der Waals surface area contributed by atoms with E-state index in [1.165, 1.54) is 11.1 Å². The quantitative estimate of drug-likeness (QED) is 0.642. The summed E-state index contributed by atoms with van der Waals surface area (Å²) in [5.41, 5.74) is 3.52. The highest BCUT2D eigenvalue weighted by molar-refractivity contribution is 6.17. The molecular weight excluding hydrogens is 172 g/mol. The Hall–Kier alpha value is -0.690. The van der Waals surface area contributed by atoms with Gasteiger partial charge in [0.25, 0.3) is 0 Å². The smallest absolute Gasteiger partial charge is 0.122 e. The van der Waals surface area contributed by atoms with Crippen LogP contribution in [0.2, 0.25) is 0 Å². The third kappa shape index (κ3) is 1.72. The first kappa shape index (κ1) is 9.40. The summed E-state index contributed by atoms with van der Waals surface area (Å²) in [5, 5.41) is 0. The van der Waals surface area contributed by atoms with Crippen LogP contribution in [-0.2, 0) is 5.88 Å². The Morgan fingerprint density at radius 3 is 2.50 bits per heavy atom. The fourth-order valence-electron chi connectivity index (χ4n) is 1.19. The molecule has 0 aliphatic carbocycles. The Bertz CT molecular complexity index is 281. The summed E-state index contributed by atoms with van der Waals surface area (Å²) in [6.45, 7) is 4.11. The number of hydrogen-bond acceptors (Lipinski definition) is 1. The fraction of sp³-hybridized carbons (Fsp3) is 0.400. The Labute approximate surface area is 78.3 Å². The van der Waals surface area contributed by atoms with Crippen molar-refractivity contribution in [3.63, 3.8) is 0 Å². The number of hydrogen-bond donors (Lipinski definition) is 0. The molecule has 1 aromatic carbocycles. The van der Waals surface area contributed by atoms with E-state index in [9.17, 15) is 0 Å². The van der Waals surface area contributed by atoms with Crippen molar-refractivity contribution >= 4 is 11.6 Å². The number of methoxy groups -OCH3 is 1. The summed E-state index contributed by atoms with van der Waals surface area (Å²) in [7, 11) is 1.68. The highest BCUT2D eigenvalue weighted by Crippen LogP contribution is 2.23. The average Bonchev–Trinajstić information content (AvgIpc) is 2.09. The molecule has 0 aromatic heterocycles. The van der Waals surface area contributed by atoms with Crippen molar-refractivity contribution in [2.75, 3.05) is 7.11 Å². The van der Waals surface area contributed by atoms with Crippen LogP contribution in [0, 0.1) is 13.8 Å². The van der Waals surface area contributed by atoms with Crippen molar-refractivity contribution in [3.8, 4) is 5.75 Å². The number of rotatable bonds is 2. The first-order valence-electron chi connectivity index (χ1n) is 3.89. The van der Waals surface area contributed by atoms with Gasteiger partial charge in [-0.2, -0.15) is 0 Å². The van der Waals surface area contributed by atoms with Gasteiger partial charge < -0.3 is 4.74 Å². The summed E-state index contributed by atoms with van der Waals surface area (Å²) >= 11 is 5.72. The third-order valence-corrected chi connectivity index (χ3v) is 2.36. The zero-order valence-corrected chi connectivity index (χ0v) is 8.40. The summed E-state index contributed by atoms with van der Waals surface area (Å²) in [4.78, 5) is 0. The van der Waals surface area contributed by atoms with Gasteiger partial charge in [0.15, 0.2) is 0 Å². The molecule has 1 aromatic rings. The van der Waals surface area contributed by atoms with Crippen LogP contribution in [0.5, 0.6) is 5.75 Å². The van der Waals surface area contributed by atoms with Crippen LogP contribution in [0.1, 0.15) is 16.7 Å². The zero-order chi connectivity index (χ0) is 9.14. The van der Waals surface area contributed by atoms with Crippen molar-refractivity contribution in [1.29, 1.82) is 0 Å². The lowest BCUT2D eigenvalue weighted by Gasteiger charge is -2.09. The molecular formula is C10H13ClO. The van der Waals surface area contributed by atoms with Gasteiger partial charge in [0.1, 0.15) is 5.75 Å². The van der Waals surface area contributed by atoms with E-state index < -0.39 is 0 Å². The van der Waals surface area contributed by atoms with Gasteiger partial charge in [-0.05, 0) is 36.6 Å². The lowest BCUT2D eigenvalue weighted by Crippen LogP contribution is -1.92. The van der Waals surface area contributed by atoms with Crippen LogP contribution in [0.4, 0.5) is 0 Å². The maximum atomic E-state index is 5.72. The van der Waals surface area contributed by atoms with Gasteiger partial charge in [0.2, 0.25) is 0 Å². The SMILES string of the molecule is COc1cc(CCl)cc(C)c1C. The number of halogens is 1. The highest BCUT2D eigenvalue weighted by atomic mass is 35.5. The molecule has 0 bridgehead atoms. The van der Waals surface area contributed by atoms with Crippen molar-refractivity contribution in [2.45, 2.75) is 19.7 Å². The molecule has 0 fully saturated rings. The second kappa shape index (κ2) is 3.81. The van der Waals surface area contributed by atoms with Gasteiger partial charge in [0, 0.05) is 5.88 Å². The summed E-state index contributed by atoms with van der Waals surface area (Å²) < 4.78 is 5.21. The predicted molar refractivity (Wildman–Crippen MR) is 52.0 cm³/mol. The van der Waals surface area contributed by atoms with E-state index in [0.717, 1.165) is 11.3 Å². The number of benzene rings is 1. The standard InChI is InChI=1S/C10H13ClO/c1-7-4-9(6-11)5-10(12-3)8(7)2/h4-5H,6H2,1-3H3. The molecule has 0 aliphatic heterocycles. The van der Waals surface area contributed by atoms with E-state index >= 15 is 0 Å². The number of aryl methyl sites for hydroxylation is 1. The minimum absolute atomic E-state index is 0.539. The van der Waals surface area contributed by atoms with Crippen LogP contribution in [0.25, 0.3) is 0 Å². The molecule has 0 unspecified atom stereocenters. The zero-order valence-electron chi connectivity index (χ0n) is 7.65. The lowest BCUT2D eigenvalue weighted by molar-refractivity contribution is 0.411. The van der Waals surface area contributed by atoms with Crippen molar-refractivity contribution in [3.05, 3.63) is 28.8 Å². The van der Waals surface area contributed by atoms with Gasteiger partial charge in [-0.15, -0.1) is 11.6 Å². The summed E-state index contributed by atoms with van der Waals surface area (Å²) in [6.07, 6.45) is 0. The average molecular weight is 185 g/mol. The van der Waals surface area contributed by atoms with Gasteiger partial charge in [-0.1, -0.05) is 6.07 Å². The van der Waals surface area contributed by atoms with Crippen LogP contribution in [0.3, 0.4) is 0 Å². The fourth-order valence-corrected chi connectivity index (χ4v) is 1.34. The molecule has 12 heavy (non-hydrogen) atoms. The van der Waals surface area contributed by atoms with Gasteiger partial charge in [-0.3, -0.25) is 0 Å². The number of alkyl halides is 1. The van der Waals surface area contributed by atoms with E-state index in [-0.39, 0.29) is 0 Å². The van der Waals surface area contributed by atoms with Crippen molar-refractivity contribution in [2.24, 2.45) is 0 Å². The lowest BCUT2D eigenvalue weighted by atomic mass is 10.1. The molecule has 0 saturated carbocycles. The molecule has 2 heteroatoms. The first-order chi connectivity index (χ1) is 5.69. The maximum absolute atomic E-state index is 5.72. The van der Waals surface area contributed by atoms with Crippen LogP contribution < -0.4 is 4.74 Å². The summed E-state index contributed by atoms with van der Waals surface area (Å²) in [5.74, 6) is 1.46. The van der Waals surface area contributed by atoms with E-state index in [4.69, 9.17) is 16.3 Å². The van der Waals surface area contributed by atoms with Crippen LogP contribution in [-0.4, -0.2) is 7.11 Å². The monoisotopic (exact) mass is 184 g/mol. The first-order valence-corrected chi connectivity index (χ1v) is 4.42. The van der Waals surface area contributed by atoms with E-state index in [1.54, 1.807) is 7.11 Å². The van der Waals surface area contributed by atoms with Crippen molar-refractivity contribution in [1.82, 2.24) is 0 Å². The van der Waals surface area contributed by atoms with Gasteiger partial charge >= 0.3 is 0 Å². The van der Waals surface area contributed by atoms with E-state index in [2.05, 4.69) is 13.0 Å². The Balaban J connectivity index is 3.19. The molecule has 0 spiro atoms. The molecule has 66 valence electrons. The normalized spacial score (nSPS) is 10.0. The van der Waals surface area contributed by atoms with Crippen molar-refractivity contribution < 1.29 is 4.74 Å². The number of ether oxygens (including phenoxy) is 1. The van der Waals surface area contributed by atoms with E-state index in [0.29, 0.717) is 5.88 Å². The minimum Gasteiger partial charge on any atom is -0.496 e. The second-order valence-electron chi connectivity index (χ2n) is 2.87. The third-order valence-electron chi connectivity index (χ3n) is 2.05.